The third-order valence-corrected chi connectivity index (χ3v) is 8.33. The fourth-order valence-corrected chi connectivity index (χ4v) is 5.98. The Morgan fingerprint density at radius 2 is 1.42 bits per heavy atom. The van der Waals surface area contributed by atoms with Crippen LogP contribution in [0.25, 0.3) is 11.3 Å². The van der Waals surface area contributed by atoms with Gasteiger partial charge in [0, 0.05) is 10.6 Å². The number of benzene rings is 2. The number of nitriles is 2. The smallest absolute Gasteiger partial charge is 0.192 e. The van der Waals surface area contributed by atoms with Crippen molar-refractivity contribution in [2.75, 3.05) is 11.5 Å². The van der Waals surface area contributed by atoms with Gasteiger partial charge in [-0.05, 0) is 58.0 Å². The molecule has 0 bridgehead atoms. The number of aromatic nitrogens is 4. The van der Waals surface area contributed by atoms with E-state index >= 15 is 0 Å². The lowest BCUT2D eigenvalue weighted by atomic mass is 10.0. The Morgan fingerprint density at radius 1 is 0.789 bits per heavy atom. The SMILES string of the molecule is CCCCCCCCCCCCSc1ccc(C(CSc2nnnn2-c2ccccc2)=C(C#N)C#N)cc1. The highest BCUT2D eigenvalue weighted by Gasteiger charge is 2.14. The van der Waals surface area contributed by atoms with E-state index in [9.17, 15) is 10.5 Å². The van der Waals surface area contributed by atoms with Crippen LogP contribution in [0.1, 0.15) is 76.7 Å². The van der Waals surface area contributed by atoms with E-state index in [0.717, 1.165) is 17.0 Å². The van der Waals surface area contributed by atoms with E-state index in [0.29, 0.717) is 16.5 Å². The quantitative estimate of drug-likeness (QED) is 0.0959. The molecule has 198 valence electrons. The lowest BCUT2D eigenvalue weighted by molar-refractivity contribution is 0.563. The van der Waals surface area contributed by atoms with E-state index in [1.165, 1.54) is 80.9 Å². The largest absolute Gasteiger partial charge is 0.214 e. The molecule has 0 amide bonds. The molecule has 0 fully saturated rings. The number of nitrogens with zero attached hydrogens (tertiary/aromatic N) is 6. The summed E-state index contributed by atoms with van der Waals surface area (Å²) in [5.74, 6) is 1.52. The molecule has 1 aromatic heterocycles. The molecular weight excluding hydrogens is 509 g/mol. The highest BCUT2D eigenvalue weighted by Crippen LogP contribution is 2.29. The average Bonchev–Trinajstić information content (AvgIpc) is 3.43. The van der Waals surface area contributed by atoms with Crippen molar-refractivity contribution in [2.24, 2.45) is 0 Å². The maximum absolute atomic E-state index is 9.58. The molecule has 0 saturated carbocycles. The van der Waals surface area contributed by atoms with Gasteiger partial charge in [-0.15, -0.1) is 16.9 Å². The summed E-state index contributed by atoms with van der Waals surface area (Å²) in [5, 5.41) is 31.8. The highest BCUT2D eigenvalue weighted by molar-refractivity contribution is 7.99. The summed E-state index contributed by atoms with van der Waals surface area (Å²) in [7, 11) is 0. The lowest BCUT2D eigenvalue weighted by Crippen LogP contribution is -2.00. The van der Waals surface area contributed by atoms with E-state index in [4.69, 9.17) is 0 Å². The molecular formula is C30H36N6S2. The summed E-state index contributed by atoms with van der Waals surface area (Å²) in [6.07, 6.45) is 13.5. The molecule has 6 nitrogen and oxygen atoms in total. The molecule has 0 radical (unpaired) electrons. The van der Waals surface area contributed by atoms with Gasteiger partial charge in [-0.2, -0.15) is 15.2 Å². The maximum atomic E-state index is 9.58. The molecule has 1 heterocycles. The van der Waals surface area contributed by atoms with Gasteiger partial charge in [0.1, 0.15) is 17.7 Å². The van der Waals surface area contributed by atoms with Gasteiger partial charge in [-0.25, -0.2) is 0 Å². The van der Waals surface area contributed by atoms with Crippen LogP contribution in [0.2, 0.25) is 0 Å². The van der Waals surface area contributed by atoms with Crippen LogP contribution in [0, 0.1) is 22.7 Å². The van der Waals surface area contributed by atoms with Crippen LogP contribution < -0.4 is 0 Å². The van der Waals surface area contributed by atoms with Crippen LogP contribution in [0.3, 0.4) is 0 Å². The third kappa shape index (κ3) is 9.67. The predicted molar refractivity (Wildman–Crippen MR) is 157 cm³/mol. The number of hydrogen-bond donors (Lipinski definition) is 0. The minimum Gasteiger partial charge on any atom is -0.192 e. The fourth-order valence-electron chi connectivity index (χ4n) is 4.13. The topological polar surface area (TPSA) is 91.2 Å². The Bertz CT molecular complexity index is 1190. The van der Waals surface area contributed by atoms with Crippen molar-refractivity contribution >= 4 is 29.1 Å². The van der Waals surface area contributed by atoms with E-state index in [-0.39, 0.29) is 5.57 Å². The summed E-state index contributed by atoms with van der Waals surface area (Å²) in [5.41, 5.74) is 2.53. The number of unbranched alkanes of at least 4 members (excludes halogenated alkanes) is 9. The number of rotatable bonds is 17. The van der Waals surface area contributed by atoms with Crippen LogP contribution in [-0.4, -0.2) is 31.7 Å². The molecule has 0 N–H and O–H groups in total. The first-order chi connectivity index (χ1) is 18.8. The number of thioether (sulfide) groups is 2. The first-order valence-corrected chi connectivity index (χ1v) is 15.5. The Balaban J connectivity index is 1.49. The van der Waals surface area contributed by atoms with Gasteiger partial charge in [0.05, 0.1) is 5.69 Å². The van der Waals surface area contributed by atoms with E-state index in [1.807, 2.05) is 54.2 Å². The van der Waals surface area contributed by atoms with Gasteiger partial charge in [0.15, 0.2) is 0 Å². The molecule has 0 atom stereocenters. The molecule has 8 heteroatoms. The monoisotopic (exact) mass is 544 g/mol. The van der Waals surface area contributed by atoms with Gasteiger partial charge in [0.25, 0.3) is 0 Å². The number of hydrogen-bond acceptors (Lipinski definition) is 7. The minimum atomic E-state index is 0.113. The van der Waals surface area contributed by atoms with Crippen LogP contribution in [0.15, 0.2) is 70.2 Å². The summed E-state index contributed by atoms with van der Waals surface area (Å²) < 4.78 is 1.66. The van der Waals surface area contributed by atoms with E-state index in [1.54, 1.807) is 4.68 Å². The van der Waals surface area contributed by atoms with Gasteiger partial charge in [-0.1, -0.05) is 107 Å². The normalized spacial score (nSPS) is 10.6. The Hall–Kier alpha value is -3.07. The van der Waals surface area contributed by atoms with Crippen LogP contribution in [0.4, 0.5) is 0 Å². The van der Waals surface area contributed by atoms with Gasteiger partial charge in [0.2, 0.25) is 5.16 Å². The summed E-state index contributed by atoms with van der Waals surface area (Å²) >= 11 is 3.27. The molecule has 0 saturated heterocycles. The molecule has 3 rings (SSSR count). The molecule has 0 aliphatic rings. The second-order valence-corrected chi connectivity index (χ2v) is 11.2. The molecule has 0 spiro atoms. The predicted octanol–water partition coefficient (Wildman–Crippen LogP) is 8.27. The molecule has 0 unspecified atom stereocenters. The zero-order chi connectivity index (χ0) is 26.8. The first kappa shape index (κ1) is 29.5. The summed E-state index contributed by atoms with van der Waals surface area (Å²) in [6.45, 7) is 2.26. The number of tetrazole rings is 1. The van der Waals surface area contributed by atoms with Crippen molar-refractivity contribution in [1.29, 1.82) is 10.5 Å². The zero-order valence-electron chi connectivity index (χ0n) is 22.2. The summed E-state index contributed by atoms with van der Waals surface area (Å²) in [4.78, 5) is 1.21. The van der Waals surface area contributed by atoms with Crippen molar-refractivity contribution in [1.82, 2.24) is 20.2 Å². The maximum Gasteiger partial charge on any atom is 0.214 e. The Kier molecular flexibility index (Phi) is 13.5. The molecule has 3 aromatic rings. The lowest BCUT2D eigenvalue weighted by Gasteiger charge is -2.10. The van der Waals surface area contributed by atoms with Gasteiger partial charge in [-0.3, -0.25) is 0 Å². The van der Waals surface area contributed by atoms with Crippen molar-refractivity contribution < 1.29 is 0 Å². The second-order valence-electron chi connectivity index (χ2n) is 9.13. The second kappa shape index (κ2) is 17.4. The molecule has 38 heavy (non-hydrogen) atoms. The van der Waals surface area contributed by atoms with Crippen LogP contribution in [0.5, 0.6) is 0 Å². The average molecular weight is 545 g/mol. The van der Waals surface area contributed by atoms with E-state index < -0.39 is 0 Å². The van der Waals surface area contributed by atoms with Crippen molar-refractivity contribution in [2.45, 2.75) is 81.2 Å². The Labute approximate surface area is 235 Å². The van der Waals surface area contributed by atoms with Crippen molar-refractivity contribution in [3.63, 3.8) is 0 Å². The number of para-hydroxylation sites is 1. The molecule has 2 aromatic carbocycles. The van der Waals surface area contributed by atoms with Gasteiger partial charge < -0.3 is 0 Å². The van der Waals surface area contributed by atoms with Crippen molar-refractivity contribution in [3.05, 3.63) is 65.7 Å². The first-order valence-electron chi connectivity index (χ1n) is 13.5. The number of allylic oxidation sites excluding steroid dienone is 1. The van der Waals surface area contributed by atoms with Crippen LogP contribution >= 0.6 is 23.5 Å². The van der Waals surface area contributed by atoms with Crippen molar-refractivity contribution in [3.8, 4) is 17.8 Å². The molecule has 0 aliphatic heterocycles. The van der Waals surface area contributed by atoms with E-state index in [2.05, 4.69) is 46.7 Å². The highest BCUT2D eigenvalue weighted by atomic mass is 32.2. The standard InChI is InChI=1S/C30H36N6S2/c1-2-3-4-5-6-7-8-9-10-14-21-37-28-19-17-25(18-20-28)29(26(22-31)23-32)24-38-30-33-34-35-36(30)27-15-12-11-13-16-27/h11-13,15-20H,2-10,14,21,24H2,1H3. The minimum absolute atomic E-state index is 0.113. The molecule has 0 aliphatic carbocycles. The zero-order valence-corrected chi connectivity index (χ0v) is 23.8. The summed E-state index contributed by atoms with van der Waals surface area (Å²) in [6, 6.07) is 21.9. The van der Waals surface area contributed by atoms with Crippen LogP contribution in [-0.2, 0) is 0 Å². The van der Waals surface area contributed by atoms with Gasteiger partial charge >= 0.3 is 0 Å². The Morgan fingerprint density at radius 3 is 2.05 bits per heavy atom. The fraction of sp³-hybridized carbons (Fsp3) is 0.433. The third-order valence-electron chi connectivity index (χ3n) is 6.28.